The molecule has 0 bridgehead atoms. The fourth-order valence-corrected chi connectivity index (χ4v) is 3.07. The number of anilines is 1. The zero-order valence-corrected chi connectivity index (χ0v) is 11.0. The monoisotopic (exact) mass is 254 g/mol. The fourth-order valence-electron chi connectivity index (χ4n) is 3.07. The molecule has 0 radical (unpaired) electrons. The van der Waals surface area contributed by atoms with E-state index < -0.39 is 0 Å². The average Bonchev–Trinajstić information content (AvgIpc) is 2.82. The summed E-state index contributed by atoms with van der Waals surface area (Å²) in [4.78, 5) is 4.08. The second-order valence-electron chi connectivity index (χ2n) is 5.46. The van der Waals surface area contributed by atoms with Gasteiger partial charge in [0.1, 0.15) is 17.5 Å². The molecule has 1 fully saturated rings. The van der Waals surface area contributed by atoms with Crippen molar-refractivity contribution in [3.8, 4) is 6.07 Å². The van der Waals surface area contributed by atoms with Crippen molar-refractivity contribution >= 4 is 16.6 Å². The van der Waals surface area contributed by atoms with Gasteiger partial charge in [-0.15, -0.1) is 0 Å². The SMILES string of the molecule is N#Cc1c(N)ncc2cn(CC3CCCCC3)cc12. The lowest BCUT2D eigenvalue weighted by Gasteiger charge is -2.21. The van der Waals surface area contributed by atoms with Crippen LogP contribution in [0.2, 0.25) is 0 Å². The summed E-state index contributed by atoms with van der Waals surface area (Å²) in [7, 11) is 0. The number of nitrogen functional groups attached to an aromatic ring is 1. The number of rotatable bonds is 2. The van der Waals surface area contributed by atoms with Gasteiger partial charge in [-0.25, -0.2) is 4.98 Å². The molecule has 0 saturated heterocycles. The highest BCUT2D eigenvalue weighted by atomic mass is 14.9. The molecule has 0 atom stereocenters. The van der Waals surface area contributed by atoms with Crippen molar-refractivity contribution in [3.05, 3.63) is 24.2 Å². The van der Waals surface area contributed by atoms with E-state index in [4.69, 9.17) is 11.0 Å². The minimum absolute atomic E-state index is 0.324. The minimum Gasteiger partial charge on any atom is -0.383 e. The van der Waals surface area contributed by atoms with E-state index in [1.807, 2.05) is 6.20 Å². The molecule has 1 aliphatic rings. The Morgan fingerprint density at radius 3 is 2.84 bits per heavy atom. The van der Waals surface area contributed by atoms with Gasteiger partial charge in [0.15, 0.2) is 0 Å². The number of pyridine rings is 1. The lowest BCUT2D eigenvalue weighted by atomic mass is 9.89. The van der Waals surface area contributed by atoms with E-state index in [-0.39, 0.29) is 0 Å². The summed E-state index contributed by atoms with van der Waals surface area (Å²) in [5.74, 6) is 1.09. The molecule has 2 heterocycles. The molecule has 0 aliphatic heterocycles. The average molecular weight is 254 g/mol. The molecule has 0 unspecified atom stereocenters. The van der Waals surface area contributed by atoms with Crippen molar-refractivity contribution in [1.82, 2.24) is 9.55 Å². The van der Waals surface area contributed by atoms with Gasteiger partial charge in [0.05, 0.1) is 0 Å². The molecule has 2 aromatic rings. The summed E-state index contributed by atoms with van der Waals surface area (Å²) < 4.78 is 2.20. The molecule has 1 saturated carbocycles. The van der Waals surface area contributed by atoms with Gasteiger partial charge >= 0.3 is 0 Å². The van der Waals surface area contributed by atoms with Gasteiger partial charge < -0.3 is 10.3 Å². The Labute approximate surface area is 112 Å². The van der Waals surface area contributed by atoms with Crippen molar-refractivity contribution in [2.24, 2.45) is 5.92 Å². The molecule has 0 aromatic carbocycles. The van der Waals surface area contributed by atoms with Gasteiger partial charge in [0.25, 0.3) is 0 Å². The maximum absolute atomic E-state index is 9.17. The van der Waals surface area contributed by atoms with Crippen LogP contribution in [0.25, 0.3) is 10.8 Å². The number of hydrogen-bond donors (Lipinski definition) is 1. The van der Waals surface area contributed by atoms with Crippen molar-refractivity contribution in [3.63, 3.8) is 0 Å². The first-order chi connectivity index (χ1) is 9.28. The molecule has 2 aromatic heterocycles. The highest BCUT2D eigenvalue weighted by Gasteiger charge is 2.15. The molecule has 4 heteroatoms. The van der Waals surface area contributed by atoms with Crippen LogP contribution < -0.4 is 5.73 Å². The number of aromatic nitrogens is 2. The maximum atomic E-state index is 9.17. The van der Waals surface area contributed by atoms with E-state index in [9.17, 15) is 0 Å². The first-order valence-electron chi connectivity index (χ1n) is 6.92. The van der Waals surface area contributed by atoms with Crippen LogP contribution in [0.1, 0.15) is 37.7 Å². The molecule has 0 spiro atoms. The van der Waals surface area contributed by atoms with Crippen LogP contribution in [0.5, 0.6) is 0 Å². The zero-order chi connectivity index (χ0) is 13.2. The summed E-state index contributed by atoms with van der Waals surface area (Å²) in [6.07, 6.45) is 12.6. The standard InChI is InChI=1S/C15H18N4/c16-6-13-14-10-19(8-11-4-2-1-3-5-11)9-12(14)7-18-15(13)17/h7,9-11H,1-5,8,17H2. The summed E-state index contributed by atoms with van der Waals surface area (Å²) in [5, 5.41) is 11.1. The Bertz CT molecular complexity index is 629. The largest absolute Gasteiger partial charge is 0.383 e. The number of nitrogens with zero attached hydrogens (tertiary/aromatic N) is 3. The summed E-state index contributed by atoms with van der Waals surface area (Å²) in [5.41, 5.74) is 6.25. The third kappa shape index (κ3) is 2.28. The molecule has 3 rings (SSSR count). The van der Waals surface area contributed by atoms with Crippen LogP contribution in [0.3, 0.4) is 0 Å². The van der Waals surface area contributed by atoms with Gasteiger partial charge in [-0.3, -0.25) is 0 Å². The molecule has 0 amide bonds. The van der Waals surface area contributed by atoms with E-state index in [1.54, 1.807) is 6.20 Å². The third-order valence-corrected chi connectivity index (χ3v) is 4.08. The van der Waals surface area contributed by atoms with Crippen LogP contribution in [-0.2, 0) is 6.54 Å². The Kier molecular flexibility index (Phi) is 3.12. The second kappa shape index (κ2) is 4.93. The van der Waals surface area contributed by atoms with Crippen molar-refractivity contribution < 1.29 is 0 Å². The van der Waals surface area contributed by atoms with Crippen molar-refractivity contribution in [1.29, 1.82) is 5.26 Å². The lowest BCUT2D eigenvalue weighted by Crippen LogP contribution is -2.12. The second-order valence-corrected chi connectivity index (χ2v) is 5.46. The van der Waals surface area contributed by atoms with E-state index in [0.717, 1.165) is 23.2 Å². The highest BCUT2D eigenvalue weighted by Crippen LogP contribution is 2.27. The maximum Gasteiger partial charge on any atom is 0.142 e. The Morgan fingerprint density at radius 2 is 2.11 bits per heavy atom. The van der Waals surface area contributed by atoms with Crippen LogP contribution >= 0.6 is 0 Å². The van der Waals surface area contributed by atoms with Gasteiger partial charge in [0, 0.05) is 35.9 Å². The van der Waals surface area contributed by atoms with E-state index >= 15 is 0 Å². The minimum atomic E-state index is 0.324. The van der Waals surface area contributed by atoms with Crippen LogP contribution in [-0.4, -0.2) is 9.55 Å². The molecule has 98 valence electrons. The number of nitriles is 1. The van der Waals surface area contributed by atoms with Crippen molar-refractivity contribution in [2.45, 2.75) is 38.6 Å². The number of fused-ring (bicyclic) bond motifs is 1. The lowest BCUT2D eigenvalue weighted by molar-refractivity contribution is 0.320. The topological polar surface area (TPSA) is 67.6 Å². The summed E-state index contributed by atoms with van der Waals surface area (Å²) in [6.45, 7) is 1.04. The van der Waals surface area contributed by atoms with Gasteiger partial charge in [-0.05, 0) is 18.8 Å². The van der Waals surface area contributed by atoms with E-state index in [0.29, 0.717) is 11.4 Å². The molecular formula is C15H18N4. The Balaban J connectivity index is 1.91. The molecule has 2 N–H and O–H groups in total. The van der Waals surface area contributed by atoms with Gasteiger partial charge in [0.2, 0.25) is 0 Å². The van der Waals surface area contributed by atoms with Crippen LogP contribution in [0.4, 0.5) is 5.82 Å². The smallest absolute Gasteiger partial charge is 0.142 e. The molecule has 4 nitrogen and oxygen atoms in total. The van der Waals surface area contributed by atoms with E-state index in [2.05, 4.69) is 21.8 Å². The molecule has 1 aliphatic carbocycles. The summed E-state index contributed by atoms with van der Waals surface area (Å²) in [6, 6.07) is 2.15. The Hall–Kier alpha value is -2.02. The fraction of sp³-hybridized carbons (Fsp3) is 0.467. The quantitative estimate of drug-likeness (QED) is 0.895. The predicted molar refractivity (Wildman–Crippen MR) is 75.4 cm³/mol. The predicted octanol–water partition coefficient (Wildman–Crippen LogP) is 3.07. The Morgan fingerprint density at radius 1 is 1.32 bits per heavy atom. The zero-order valence-electron chi connectivity index (χ0n) is 11.0. The van der Waals surface area contributed by atoms with Crippen LogP contribution in [0, 0.1) is 17.2 Å². The van der Waals surface area contributed by atoms with Crippen molar-refractivity contribution in [2.75, 3.05) is 5.73 Å². The van der Waals surface area contributed by atoms with Gasteiger partial charge in [-0.2, -0.15) is 5.26 Å². The molecule has 19 heavy (non-hydrogen) atoms. The van der Waals surface area contributed by atoms with E-state index in [1.165, 1.54) is 32.1 Å². The summed E-state index contributed by atoms with van der Waals surface area (Å²) >= 11 is 0. The first kappa shape index (κ1) is 12.0. The van der Waals surface area contributed by atoms with Crippen LogP contribution in [0.15, 0.2) is 18.6 Å². The highest BCUT2D eigenvalue weighted by molar-refractivity contribution is 5.90. The number of nitrogens with two attached hydrogens (primary N) is 1. The number of hydrogen-bond acceptors (Lipinski definition) is 3. The molecular weight excluding hydrogens is 236 g/mol. The van der Waals surface area contributed by atoms with Gasteiger partial charge in [-0.1, -0.05) is 19.3 Å². The third-order valence-electron chi connectivity index (χ3n) is 4.08. The first-order valence-corrected chi connectivity index (χ1v) is 6.92. The normalized spacial score (nSPS) is 16.6.